The van der Waals surface area contributed by atoms with Gasteiger partial charge in [-0.15, -0.1) is 0 Å². The molecule has 5 nitrogen and oxygen atoms in total. The van der Waals surface area contributed by atoms with Crippen LogP contribution >= 0.6 is 0 Å². The zero-order valence-electron chi connectivity index (χ0n) is 16.2. The number of nitrogens with zero attached hydrogens (tertiary/aromatic N) is 1. The summed E-state index contributed by atoms with van der Waals surface area (Å²) in [5.41, 5.74) is 2.80. The summed E-state index contributed by atoms with van der Waals surface area (Å²) in [5, 5.41) is 13.6. The molecular weight excluding hydrogens is 340 g/mol. The summed E-state index contributed by atoms with van der Waals surface area (Å²) in [5.74, 6) is 1.14. The second-order valence-electron chi connectivity index (χ2n) is 7.32. The number of likely N-dealkylation sites (tertiary alicyclic amines) is 1. The molecule has 0 saturated carbocycles. The Morgan fingerprint density at radius 3 is 2.59 bits per heavy atom. The molecule has 2 atom stereocenters. The highest BCUT2D eigenvalue weighted by Crippen LogP contribution is 2.24. The molecule has 2 aromatic rings. The molecule has 5 heteroatoms. The highest BCUT2D eigenvalue weighted by Gasteiger charge is 2.32. The lowest BCUT2D eigenvalue weighted by Crippen LogP contribution is -2.51. The van der Waals surface area contributed by atoms with Crippen LogP contribution in [0.25, 0.3) is 0 Å². The van der Waals surface area contributed by atoms with E-state index >= 15 is 0 Å². The first-order valence-electron chi connectivity index (χ1n) is 9.49. The van der Waals surface area contributed by atoms with Gasteiger partial charge in [-0.2, -0.15) is 0 Å². The number of carbonyl (C=O) groups is 1. The number of aliphatic hydroxyl groups is 1. The number of hydrogen-bond acceptors (Lipinski definition) is 4. The van der Waals surface area contributed by atoms with Crippen molar-refractivity contribution >= 4 is 11.6 Å². The Labute approximate surface area is 161 Å². The highest BCUT2D eigenvalue weighted by atomic mass is 16.5. The monoisotopic (exact) mass is 368 g/mol. The van der Waals surface area contributed by atoms with Crippen molar-refractivity contribution in [1.82, 2.24) is 4.90 Å². The maximum Gasteiger partial charge on any atom is 0.253 e. The third-order valence-electron chi connectivity index (χ3n) is 5.04. The van der Waals surface area contributed by atoms with Crippen molar-refractivity contribution in [3.8, 4) is 5.75 Å². The molecule has 0 aliphatic carbocycles. The molecule has 1 saturated heterocycles. The quantitative estimate of drug-likeness (QED) is 0.848. The normalized spacial score (nSPS) is 19.8. The number of rotatable bonds is 5. The predicted molar refractivity (Wildman–Crippen MR) is 107 cm³/mol. The maximum atomic E-state index is 12.7. The second-order valence-corrected chi connectivity index (χ2v) is 7.32. The third-order valence-corrected chi connectivity index (χ3v) is 5.04. The Morgan fingerprint density at radius 1 is 1.22 bits per heavy atom. The molecule has 1 heterocycles. The first kappa shape index (κ1) is 19.2. The molecule has 0 unspecified atom stereocenters. The van der Waals surface area contributed by atoms with E-state index in [0.717, 1.165) is 11.4 Å². The fourth-order valence-electron chi connectivity index (χ4n) is 3.32. The summed E-state index contributed by atoms with van der Waals surface area (Å²) in [7, 11) is 1.84. The third kappa shape index (κ3) is 4.61. The van der Waals surface area contributed by atoms with Crippen LogP contribution in [0.2, 0.25) is 0 Å². The van der Waals surface area contributed by atoms with E-state index in [2.05, 4.69) is 25.2 Å². The molecule has 1 fully saturated rings. The number of aliphatic hydroxyl groups excluding tert-OH is 1. The van der Waals surface area contributed by atoms with Crippen LogP contribution in [0.3, 0.4) is 0 Å². The van der Waals surface area contributed by atoms with E-state index in [4.69, 9.17) is 4.74 Å². The van der Waals surface area contributed by atoms with Gasteiger partial charge in [-0.05, 0) is 47.9 Å². The van der Waals surface area contributed by atoms with Gasteiger partial charge in [0, 0.05) is 31.3 Å². The van der Waals surface area contributed by atoms with Gasteiger partial charge in [0.1, 0.15) is 18.0 Å². The van der Waals surface area contributed by atoms with Gasteiger partial charge in [0.05, 0.1) is 6.54 Å². The number of carbonyl (C=O) groups excluding carboxylic acids is 1. The van der Waals surface area contributed by atoms with Crippen LogP contribution in [-0.4, -0.2) is 48.3 Å². The smallest absolute Gasteiger partial charge is 0.253 e. The minimum atomic E-state index is -0.706. The van der Waals surface area contributed by atoms with E-state index in [1.54, 1.807) is 17.0 Å². The fourth-order valence-corrected chi connectivity index (χ4v) is 3.32. The Morgan fingerprint density at radius 2 is 1.96 bits per heavy atom. The van der Waals surface area contributed by atoms with E-state index in [0.29, 0.717) is 24.4 Å². The van der Waals surface area contributed by atoms with E-state index in [1.807, 2.05) is 37.4 Å². The van der Waals surface area contributed by atoms with Crippen LogP contribution in [0.4, 0.5) is 5.69 Å². The summed E-state index contributed by atoms with van der Waals surface area (Å²) in [4.78, 5) is 14.4. The highest BCUT2D eigenvalue weighted by molar-refractivity contribution is 5.94. The van der Waals surface area contributed by atoms with Gasteiger partial charge >= 0.3 is 0 Å². The summed E-state index contributed by atoms with van der Waals surface area (Å²) in [6.45, 7) is 5.13. The molecule has 0 radical (unpaired) electrons. The van der Waals surface area contributed by atoms with Crippen molar-refractivity contribution in [3.05, 3.63) is 59.7 Å². The molecule has 0 bridgehead atoms. The lowest BCUT2D eigenvalue weighted by molar-refractivity contribution is -0.0199. The Bertz CT molecular complexity index is 773. The molecule has 27 heavy (non-hydrogen) atoms. The maximum absolute atomic E-state index is 12.7. The Kier molecular flexibility index (Phi) is 6.01. The van der Waals surface area contributed by atoms with E-state index in [1.165, 1.54) is 5.56 Å². The average Bonchev–Trinajstić information content (AvgIpc) is 2.69. The molecule has 1 aliphatic rings. The van der Waals surface area contributed by atoms with Crippen molar-refractivity contribution in [3.63, 3.8) is 0 Å². The number of piperidine rings is 1. The first-order chi connectivity index (χ1) is 13.0. The van der Waals surface area contributed by atoms with Gasteiger partial charge in [0.25, 0.3) is 5.91 Å². The van der Waals surface area contributed by atoms with Crippen LogP contribution in [-0.2, 0) is 0 Å². The first-order valence-corrected chi connectivity index (χ1v) is 9.49. The number of anilines is 1. The number of hydrogen-bond donors (Lipinski definition) is 2. The van der Waals surface area contributed by atoms with E-state index < -0.39 is 6.10 Å². The average molecular weight is 368 g/mol. The largest absolute Gasteiger partial charge is 0.488 e. The predicted octanol–water partition coefficient (Wildman–Crippen LogP) is 3.51. The summed E-state index contributed by atoms with van der Waals surface area (Å²) >= 11 is 0. The number of amides is 1. The fraction of sp³-hybridized carbons (Fsp3) is 0.409. The van der Waals surface area contributed by atoms with Crippen LogP contribution in [0.15, 0.2) is 48.5 Å². The lowest BCUT2D eigenvalue weighted by Gasteiger charge is -2.36. The van der Waals surface area contributed by atoms with Crippen molar-refractivity contribution in [2.75, 3.05) is 25.5 Å². The summed E-state index contributed by atoms with van der Waals surface area (Å²) in [6, 6.07) is 15.4. The topological polar surface area (TPSA) is 61.8 Å². The second kappa shape index (κ2) is 8.44. The van der Waals surface area contributed by atoms with E-state index in [-0.39, 0.29) is 18.6 Å². The van der Waals surface area contributed by atoms with Crippen LogP contribution in [0, 0.1) is 0 Å². The van der Waals surface area contributed by atoms with Gasteiger partial charge in [-0.1, -0.05) is 26.0 Å². The van der Waals surface area contributed by atoms with Crippen molar-refractivity contribution in [2.24, 2.45) is 0 Å². The van der Waals surface area contributed by atoms with Crippen molar-refractivity contribution < 1.29 is 14.6 Å². The minimum absolute atomic E-state index is 0.0584. The van der Waals surface area contributed by atoms with E-state index in [9.17, 15) is 9.90 Å². The zero-order chi connectivity index (χ0) is 19.4. The standard InChI is InChI=1S/C22H28N2O3/c1-15(2)17-5-4-6-19(13-17)27-21-11-12-24(14-20(21)25)22(26)16-7-9-18(23-3)10-8-16/h4-10,13,15,20-21,23,25H,11-12,14H2,1-3H3/t20-,21-/m1/s1. The molecule has 1 amide bonds. The molecule has 2 aromatic carbocycles. The molecule has 1 aliphatic heterocycles. The number of ether oxygens (including phenoxy) is 1. The van der Waals surface area contributed by atoms with Gasteiger partial charge < -0.3 is 20.1 Å². The van der Waals surface area contributed by atoms with Gasteiger partial charge in [0.2, 0.25) is 0 Å². The van der Waals surface area contributed by atoms with Gasteiger partial charge in [0.15, 0.2) is 0 Å². The number of β-amino-alcohol motifs (C(OH)–C–C–N with tert-alkyl or cyclic N) is 1. The number of nitrogens with one attached hydrogen (secondary N) is 1. The molecule has 0 spiro atoms. The van der Waals surface area contributed by atoms with Crippen molar-refractivity contribution in [1.29, 1.82) is 0 Å². The molecule has 144 valence electrons. The molecule has 0 aromatic heterocycles. The Balaban J connectivity index is 1.61. The molecular formula is C22H28N2O3. The van der Waals surface area contributed by atoms with Crippen molar-refractivity contribution in [2.45, 2.75) is 38.4 Å². The minimum Gasteiger partial charge on any atom is -0.488 e. The zero-order valence-corrected chi connectivity index (χ0v) is 16.2. The lowest BCUT2D eigenvalue weighted by atomic mass is 10.0. The van der Waals surface area contributed by atoms with Gasteiger partial charge in [-0.3, -0.25) is 4.79 Å². The Hall–Kier alpha value is -2.53. The van der Waals surface area contributed by atoms with Crippen LogP contribution in [0.1, 0.15) is 42.1 Å². The van der Waals surface area contributed by atoms with Crippen LogP contribution in [0.5, 0.6) is 5.75 Å². The summed E-state index contributed by atoms with van der Waals surface area (Å²) < 4.78 is 6.03. The molecule has 2 N–H and O–H groups in total. The van der Waals surface area contributed by atoms with Crippen LogP contribution < -0.4 is 10.1 Å². The number of benzene rings is 2. The SMILES string of the molecule is CNc1ccc(C(=O)N2CC[C@@H](Oc3cccc(C(C)C)c3)[C@H](O)C2)cc1. The van der Waals surface area contributed by atoms with Gasteiger partial charge in [-0.25, -0.2) is 0 Å². The molecule has 3 rings (SSSR count). The summed E-state index contributed by atoms with van der Waals surface area (Å²) in [6.07, 6.45) is -0.405.